The SMILES string of the molecule is CCCCCCCCCCCCCCCC(=O)OC[C@H](COP(=O)(O)OC[C@@H](O)COP(=O)(O)OC[C@@H](COC(=O)CCCCCCC)OC(=O)CCCCCCC)OC(=O)CCCCCCCCCCCCCCC. The highest BCUT2D eigenvalue weighted by Crippen LogP contribution is 2.45. The van der Waals surface area contributed by atoms with Crippen LogP contribution in [0.5, 0.6) is 0 Å². The molecule has 0 spiro atoms. The number of aliphatic hydroxyl groups is 1. The van der Waals surface area contributed by atoms with Crippen LogP contribution in [0.25, 0.3) is 0 Å². The van der Waals surface area contributed by atoms with Crippen molar-refractivity contribution in [3.8, 4) is 0 Å². The van der Waals surface area contributed by atoms with E-state index in [2.05, 4.69) is 27.7 Å². The third kappa shape index (κ3) is 51.5. The van der Waals surface area contributed by atoms with Gasteiger partial charge in [-0.15, -0.1) is 0 Å². The third-order valence-corrected chi connectivity index (χ3v) is 15.0. The molecule has 2 unspecified atom stereocenters. The Balaban J connectivity index is 5.13. The van der Waals surface area contributed by atoms with E-state index in [1.54, 1.807) is 0 Å². The van der Waals surface area contributed by atoms with Crippen LogP contribution < -0.4 is 0 Å². The fourth-order valence-corrected chi connectivity index (χ4v) is 9.98. The first-order valence-electron chi connectivity index (χ1n) is 30.3. The minimum absolute atomic E-state index is 0.0991. The van der Waals surface area contributed by atoms with Crippen molar-refractivity contribution in [3.63, 3.8) is 0 Å². The standard InChI is InChI=1S/C57H110O17P2/c1-5-9-13-17-19-21-23-25-27-29-31-35-38-42-55(60)68-48-53(74-57(62)44-40-36-32-30-28-26-24-22-20-18-14-10-6-2)50-72-76(65,66)70-46-51(58)45-69-75(63,64)71-49-52(73-56(61)43-39-34-16-12-8-4)47-67-54(59)41-37-33-15-11-7-3/h51-53,58H,5-50H2,1-4H3,(H,63,64)(H,65,66)/t51-,52+,53+/m0/s1. The molecule has 0 heterocycles. The van der Waals surface area contributed by atoms with Gasteiger partial charge in [-0.05, 0) is 25.7 Å². The molecule has 0 bridgehead atoms. The van der Waals surface area contributed by atoms with Gasteiger partial charge < -0.3 is 33.8 Å². The summed E-state index contributed by atoms with van der Waals surface area (Å²) in [6.45, 7) is 4.66. The Labute approximate surface area is 460 Å². The Bertz CT molecular complexity index is 1490. The number of hydrogen-bond donors (Lipinski definition) is 3. The van der Waals surface area contributed by atoms with Gasteiger partial charge in [-0.3, -0.25) is 37.3 Å². The van der Waals surface area contributed by atoms with Crippen LogP contribution in [0, 0.1) is 0 Å². The van der Waals surface area contributed by atoms with E-state index in [0.29, 0.717) is 25.7 Å². The highest BCUT2D eigenvalue weighted by molar-refractivity contribution is 7.47. The third-order valence-electron chi connectivity index (χ3n) is 13.1. The lowest BCUT2D eigenvalue weighted by Gasteiger charge is -2.21. The van der Waals surface area contributed by atoms with Crippen LogP contribution in [0.15, 0.2) is 0 Å². The van der Waals surface area contributed by atoms with E-state index in [0.717, 1.165) is 96.3 Å². The maximum Gasteiger partial charge on any atom is 0.472 e. The topological polar surface area (TPSA) is 237 Å². The first-order chi connectivity index (χ1) is 36.7. The van der Waals surface area contributed by atoms with Crippen LogP contribution in [0.1, 0.15) is 285 Å². The highest BCUT2D eigenvalue weighted by atomic mass is 31.2. The monoisotopic (exact) mass is 1130 g/mol. The van der Waals surface area contributed by atoms with Gasteiger partial charge in [0.2, 0.25) is 0 Å². The molecule has 0 aliphatic carbocycles. The molecule has 0 aromatic heterocycles. The summed E-state index contributed by atoms with van der Waals surface area (Å²) < 4.78 is 67.3. The van der Waals surface area contributed by atoms with Crippen molar-refractivity contribution in [2.24, 2.45) is 0 Å². The molecule has 5 atom stereocenters. The molecule has 0 aliphatic heterocycles. The summed E-state index contributed by atoms with van der Waals surface area (Å²) in [5.74, 6) is -2.16. The molecular weight excluding hydrogens is 1020 g/mol. The van der Waals surface area contributed by atoms with E-state index in [-0.39, 0.29) is 25.7 Å². The maximum atomic E-state index is 12.9. The van der Waals surface area contributed by atoms with Gasteiger partial charge in [0.05, 0.1) is 26.4 Å². The largest absolute Gasteiger partial charge is 0.472 e. The Morgan fingerprint density at radius 1 is 0.316 bits per heavy atom. The smallest absolute Gasteiger partial charge is 0.462 e. The minimum atomic E-state index is -4.93. The average Bonchev–Trinajstić information content (AvgIpc) is 3.39. The van der Waals surface area contributed by atoms with Gasteiger partial charge >= 0.3 is 39.5 Å². The summed E-state index contributed by atoms with van der Waals surface area (Å²) in [6, 6.07) is 0. The number of ether oxygens (including phenoxy) is 4. The predicted molar refractivity (Wildman–Crippen MR) is 299 cm³/mol. The van der Waals surface area contributed by atoms with Gasteiger partial charge in [0.1, 0.15) is 19.3 Å². The fourth-order valence-electron chi connectivity index (χ4n) is 8.40. The second-order valence-corrected chi connectivity index (χ2v) is 23.6. The predicted octanol–water partition coefficient (Wildman–Crippen LogP) is 15.2. The van der Waals surface area contributed by atoms with Crippen LogP contribution in [-0.2, 0) is 65.4 Å². The van der Waals surface area contributed by atoms with Gasteiger partial charge in [0, 0.05) is 25.7 Å². The second-order valence-electron chi connectivity index (χ2n) is 20.7. The Morgan fingerprint density at radius 3 is 0.776 bits per heavy atom. The molecule has 0 fully saturated rings. The molecule has 0 aromatic carbocycles. The highest BCUT2D eigenvalue weighted by Gasteiger charge is 2.30. The molecule has 19 heteroatoms. The van der Waals surface area contributed by atoms with Crippen LogP contribution in [0.4, 0.5) is 0 Å². The van der Waals surface area contributed by atoms with Crippen LogP contribution in [0.2, 0.25) is 0 Å². The van der Waals surface area contributed by atoms with Crippen molar-refractivity contribution in [1.82, 2.24) is 0 Å². The quantitative estimate of drug-likeness (QED) is 0.0222. The number of carbonyl (C=O) groups excluding carboxylic acids is 4. The number of esters is 4. The average molecular weight is 1130 g/mol. The first kappa shape index (κ1) is 74.1. The van der Waals surface area contributed by atoms with Gasteiger partial charge in [-0.1, -0.05) is 233 Å². The normalized spacial score (nSPS) is 14.4. The number of hydrogen-bond acceptors (Lipinski definition) is 15. The van der Waals surface area contributed by atoms with Crippen molar-refractivity contribution in [3.05, 3.63) is 0 Å². The van der Waals surface area contributed by atoms with E-state index in [9.17, 15) is 43.2 Å². The molecule has 3 N–H and O–H groups in total. The Morgan fingerprint density at radius 2 is 0.526 bits per heavy atom. The van der Waals surface area contributed by atoms with E-state index >= 15 is 0 Å². The summed E-state index contributed by atoms with van der Waals surface area (Å²) in [6.07, 6.45) is 35.5. The van der Waals surface area contributed by atoms with Crippen molar-refractivity contribution in [1.29, 1.82) is 0 Å². The summed E-state index contributed by atoms with van der Waals surface area (Å²) in [5.41, 5.74) is 0. The summed E-state index contributed by atoms with van der Waals surface area (Å²) in [7, 11) is -9.85. The van der Waals surface area contributed by atoms with E-state index in [1.165, 1.54) is 109 Å². The van der Waals surface area contributed by atoms with Crippen LogP contribution >= 0.6 is 15.6 Å². The molecule has 450 valence electrons. The fraction of sp³-hybridized carbons (Fsp3) is 0.930. The summed E-state index contributed by atoms with van der Waals surface area (Å²) in [4.78, 5) is 71.4. The molecule has 0 radical (unpaired) electrons. The molecule has 0 saturated carbocycles. The summed E-state index contributed by atoms with van der Waals surface area (Å²) in [5, 5.41) is 10.4. The van der Waals surface area contributed by atoms with Crippen molar-refractivity contribution < 1.29 is 80.2 Å². The number of phosphoric ester groups is 2. The lowest BCUT2D eigenvalue weighted by Crippen LogP contribution is -2.30. The van der Waals surface area contributed by atoms with Crippen molar-refractivity contribution in [2.75, 3.05) is 39.6 Å². The van der Waals surface area contributed by atoms with Crippen LogP contribution in [-0.4, -0.2) is 96.7 Å². The van der Waals surface area contributed by atoms with Gasteiger partial charge in [0.15, 0.2) is 12.2 Å². The molecule has 0 aromatic rings. The van der Waals surface area contributed by atoms with Gasteiger partial charge in [-0.25, -0.2) is 9.13 Å². The molecular formula is C57H110O17P2. The number of carbonyl (C=O) groups is 4. The van der Waals surface area contributed by atoms with Crippen molar-refractivity contribution >= 4 is 39.5 Å². The zero-order valence-corrected chi connectivity index (χ0v) is 50.0. The number of unbranched alkanes of at least 4 members (excludes halogenated alkanes) is 32. The Kier molecular flexibility index (Phi) is 51.1. The van der Waals surface area contributed by atoms with E-state index in [4.69, 9.17) is 37.0 Å². The molecule has 0 saturated heterocycles. The minimum Gasteiger partial charge on any atom is -0.462 e. The van der Waals surface area contributed by atoms with Crippen molar-refractivity contribution in [2.45, 2.75) is 303 Å². The van der Waals surface area contributed by atoms with Crippen LogP contribution in [0.3, 0.4) is 0 Å². The lowest BCUT2D eigenvalue weighted by atomic mass is 10.0. The number of rotatable bonds is 58. The number of aliphatic hydroxyl groups excluding tert-OH is 1. The zero-order chi connectivity index (χ0) is 56.2. The second kappa shape index (κ2) is 52.4. The molecule has 0 amide bonds. The zero-order valence-electron chi connectivity index (χ0n) is 48.2. The molecule has 0 rings (SSSR count). The van der Waals surface area contributed by atoms with Gasteiger partial charge in [0.25, 0.3) is 0 Å². The maximum absolute atomic E-state index is 12.9. The van der Waals surface area contributed by atoms with E-state index in [1.807, 2.05) is 0 Å². The summed E-state index contributed by atoms with van der Waals surface area (Å²) >= 11 is 0. The molecule has 76 heavy (non-hydrogen) atoms. The van der Waals surface area contributed by atoms with E-state index < -0.39 is 97.5 Å². The molecule has 17 nitrogen and oxygen atoms in total. The Hall–Kier alpha value is -1.94. The number of phosphoric acid groups is 2. The molecule has 0 aliphatic rings. The van der Waals surface area contributed by atoms with Gasteiger partial charge in [-0.2, -0.15) is 0 Å². The first-order valence-corrected chi connectivity index (χ1v) is 33.3. The lowest BCUT2D eigenvalue weighted by molar-refractivity contribution is -0.161.